The molecule has 1 aromatic heterocycles. The summed E-state index contributed by atoms with van der Waals surface area (Å²) in [5, 5.41) is 8.87. The van der Waals surface area contributed by atoms with Gasteiger partial charge in [-0.15, -0.1) is 0 Å². The van der Waals surface area contributed by atoms with E-state index in [9.17, 15) is 0 Å². The monoisotopic (exact) mass is 302 g/mol. The minimum atomic E-state index is 0.552. The third kappa shape index (κ3) is 2.64. The van der Waals surface area contributed by atoms with Crippen LogP contribution in [0.1, 0.15) is 5.56 Å². The molecule has 0 atom stereocenters. The van der Waals surface area contributed by atoms with Gasteiger partial charge in [0.2, 0.25) is 4.77 Å². The van der Waals surface area contributed by atoms with E-state index in [-0.39, 0.29) is 0 Å². The van der Waals surface area contributed by atoms with Gasteiger partial charge in [0.15, 0.2) is 0 Å². The summed E-state index contributed by atoms with van der Waals surface area (Å²) in [5.74, 6) is 0. The van der Waals surface area contributed by atoms with Crippen LogP contribution < -0.4 is 0 Å². The number of tetrazole rings is 1. The van der Waals surface area contributed by atoms with Gasteiger partial charge in [0, 0.05) is 5.02 Å². The first kappa shape index (κ1) is 13.0. The van der Waals surface area contributed by atoms with Crippen molar-refractivity contribution in [2.45, 2.75) is 6.54 Å². The molecule has 1 heterocycles. The largest absolute Gasteiger partial charge is 0.221 e. The van der Waals surface area contributed by atoms with E-state index < -0.39 is 0 Å². The molecule has 0 aliphatic heterocycles. The topological polar surface area (TPSA) is 35.6 Å². The third-order valence-electron chi connectivity index (χ3n) is 2.89. The molecule has 4 nitrogen and oxygen atoms in total. The van der Waals surface area contributed by atoms with Crippen LogP contribution in [0.25, 0.3) is 5.69 Å². The van der Waals surface area contributed by atoms with Crippen molar-refractivity contribution in [2.75, 3.05) is 0 Å². The summed E-state index contributed by atoms with van der Waals surface area (Å²) >= 11 is 11.3. The van der Waals surface area contributed by atoms with E-state index in [1.54, 1.807) is 21.5 Å². The van der Waals surface area contributed by atoms with Gasteiger partial charge in [-0.05, 0) is 52.5 Å². The van der Waals surface area contributed by atoms with Crippen LogP contribution in [-0.2, 0) is 6.54 Å². The van der Waals surface area contributed by atoms with Crippen molar-refractivity contribution in [3.05, 3.63) is 70.0 Å². The number of benzene rings is 2. The highest BCUT2D eigenvalue weighted by atomic mass is 35.5. The molecule has 20 heavy (non-hydrogen) atoms. The molecule has 2 aromatic carbocycles. The maximum atomic E-state index is 5.87. The highest BCUT2D eigenvalue weighted by molar-refractivity contribution is 7.71. The van der Waals surface area contributed by atoms with Crippen LogP contribution in [0.2, 0.25) is 5.02 Å². The Morgan fingerprint density at radius 3 is 2.35 bits per heavy atom. The summed E-state index contributed by atoms with van der Waals surface area (Å²) in [4.78, 5) is 0. The highest BCUT2D eigenvalue weighted by Gasteiger charge is 2.06. The second-order valence-electron chi connectivity index (χ2n) is 4.29. The van der Waals surface area contributed by atoms with Crippen LogP contribution in [-0.4, -0.2) is 19.8 Å². The minimum absolute atomic E-state index is 0.552. The molecule has 0 saturated carbocycles. The average molecular weight is 303 g/mol. The summed E-state index contributed by atoms with van der Waals surface area (Å²) in [6, 6.07) is 17.3. The average Bonchev–Trinajstić information content (AvgIpc) is 2.83. The third-order valence-corrected chi connectivity index (χ3v) is 3.52. The number of rotatable bonds is 3. The Balaban J connectivity index is 1.93. The van der Waals surface area contributed by atoms with E-state index in [0.717, 1.165) is 11.3 Å². The maximum absolute atomic E-state index is 5.87. The molecular weight excluding hydrogens is 292 g/mol. The molecule has 100 valence electrons. The molecule has 3 aromatic rings. The lowest BCUT2D eigenvalue weighted by Crippen LogP contribution is -2.03. The van der Waals surface area contributed by atoms with Gasteiger partial charge in [0.05, 0.1) is 12.2 Å². The second kappa shape index (κ2) is 5.56. The number of nitrogens with zero attached hydrogens (tertiary/aromatic N) is 4. The summed E-state index contributed by atoms with van der Waals surface area (Å²) < 4.78 is 3.87. The van der Waals surface area contributed by atoms with Gasteiger partial charge in [-0.3, -0.25) is 0 Å². The van der Waals surface area contributed by atoms with E-state index in [4.69, 9.17) is 23.8 Å². The number of hydrogen-bond acceptors (Lipinski definition) is 3. The van der Waals surface area contributed by atoms with E-state index in [1.807, 2.05) is 42.5 Å². The Hall–Kier alpha value is -1.98. The Morgan fingerprint density at radius 2 is 1.65 bits per heavy atom. The fourth-order valence-electron chi connectivity index (χ4n) is 1.87. The first-order valence-corrected chi connectivity index (χ1v) is 6.85. The van der Waals surface area contributed by atoms with Gasteiger partial charge in [-0.25, -0.2) is 4.68 Å². The lowest BCUT2D eigenvalue weighted by molar-refractivity contribution is 0.641. The van der Waals surface area contributed by atoms with Crippen molar-refractivity contribution in [3.63, 3.8) is 0 Å². The van der Waals surface area contributed by atoms with Gasteiger partial charge < -0.3 is 0 Å². The molecule has 0 N–H and O–H groups in total. The standard InChI is InChI=1S/C14H11ClN4S/c15-12-6-8-13(9-7-12)19-14(20)18(16-17-19)10-11-4-2-1-3-5-11/h1-9H,10H2. The summed E-state index contributed by atoms with van der Waals surface area (Å²) in [7, 11) is 0. The fraction of sp³-hybridized carbons (Fsp3) is 0.0714. The zero-order valence-corrected chi connectivity index (χ0v) is 12.1. The predicted octanol–water partition coefficient (Wildman–Crippen LogP) is 3.50. The molecule has 3 rings (SSSR count). The Bertz CT molecular complexity index is 762. The molecule has 0 saturated heterocycles. The number of halogens is 1. The van der Waals surface area contributed by atoms with Gasteiger partial charge >= 0.3 is 0 Å². The minimum Gasteiger partial charge on any atom is -0.214 e. The molecule has 0 aliphatic rings. The van der Waals surface area contributed by atoms with Gasteiger partial charge in [0.1, 0.15) is 0 Å². The zero-order chi connectivity index (χ0) is 13.9. The molecular formula is C14H11ClN4S. The SMILES string of the molecule is S=c1n(Cc2ccccc2)nnn1-c1ccc(Cl)cc1. The van der Waals surface area contributed by atoms with Gasteiger partial charge in [0.25, 0.3) is 0 Å². The van der Waals surface area contributed by atoms with Crippen LogP contribution in [0.4, 0.5) is 0 Å². The number of aromatic nitrogens is 4. The first-order valence-electron chi connectivity index (χ1n) is 6.07. The summed E-state index contributed by atoms with van der Waals surface area (Å²) in [6.07, 6.45) is 0. The lowest BCUT2D eigenvalue weighted by atomic mass is 10.2. The predicted molar refractivity (Wildman–Crippen MR) is 80.7 cm³/mol. The van der Waals surface area contributed by atoms with Crippen molar-refractivity contribution < 1.29 is 0 Å². The van der Waals surface area contributed by atoms with Gasteiger partial charge in [-0.2, -0.15) is 4.68 Å². The normalized spacial score (nSPS) is 10.7. The van der Waals surface area contributed by atoms with Crippen LogP contribution >= 0.6 is 23.8 Å². The zero-order valence-electron chi connectivity index (χ0n) is 10.5. The van der Waals surface area contributed by atoms with Crippen molar-refractivity contribution in [2.24, 2.45) is 0 Å². The molecule has 0 fully saturated rings. The van der Waals surface area contributed by atoms with E-state index in [2.05, 4.69) is 10.4 Å². The van der Waals surface area contributed by atoms with E-state index >= 15 is 0 Å². The molecule has 0 bridgehead atoms. The van der Waals surface area contributed by atoms with E-state index in [0.29, 0.717) is 16.3 Å². The molecule has 0 amide bonds. The van der Waals surface area contributed by atoms with Crippen molar-refractivity contribution in [3.8, 4) is 5.69 Å². The summed E-state index contributed by atoms with van der Waals surface area (Å²) in [6.45, 7) is 0.604. The van der Waals surface area contributed by atoms with Crippen molar-refractivity contribution in [1.29, 1.82) is 0 Å². The van der Waals surface area contributed by atoms with E-state index in [1.165, 1.54) is 0 Å². The fourth-order valence-corrected chi connectivity index (χ4v) is 2.24. The molecule has 0 unspecified atom stereocenters. The maximum Gasteiger partial charge on any atom is 0.221 e. The first-order chi connectivity index (χ1) is 9.74. The Labute approximate surface area is 126 Å². The van der Waals surface area contributed by atoms with Crippen LogP contribution in [0.15, 0.2) is 54.6 Å². The second-order valence-corrected chi connectivity index (χ2v) is 5.09. The van der Waals surface area contributed by atoms with Crippen molar-refractivity contribution >= 4 is 23.8 Å². The van der Waals surface area contributed by atoms with Gasteiger partial charge in [-0.1, -0.05) is 41.9 Å². The molecule has 0 radical (unpaired) electrons. The summed E-state index contributed by atoms with van der Waals surface area (Å²) in [5.41, 5.74) is 1.98. The lowest BCUT2D eigenvalue weighted by Gasteiger charge is -2.01. The molecule has 0 spiro atoms. The quantitative estimate of drug-likeness (QED) is 0.695. The Morgan fingerprint density at radius 1 is 0.950 bits per heavy atom. The number of hydrogen-bond donors (Lipinski definition) is 0. The van der Waals surface area contributed by atoms with Crippen LogP contribution in [0.3, 0.4) is 0 Å². The molecule has 6 heteroatoms. The van der Waals surface area contributed by atoms with Crippen LogP contribution in [0, 0.1) is 4.77 Å². The highest BCUT2D eigenvalue weighted by Crippen LogP contribution is 2.13. The smallest absolute Gasteiger partial charge is 0.214 e. The van der Waals surface area contributed by atoms with Crippen LogP contribution in [0.5, 0.6) is 0 Å². The van der Waals surface area contributed by atoms with Crippen molar-refractivity contribution in [1.82, 2.24) is 19.8 Å². The molecule has 0 aliphatic carbocycles. The Kier molecular flexibility index (Phi) is 3.62.